The van der Waals surface area contributed by atoms with E-state index < -0.39 is 0 Å². The number of hydrogen-bond acceptors (Lipinski definition) is 5. The smallest absolute Gasteiger partial charge is 0.234 e. The lowest BCUT2D eigenvalue weighted by Crippen LogP contribution is -2.37. The van der Waals surface area contributed by atoms with Gasteiger partial charge in [0, 0.05) is 25.8 Å². The summed E-state index contributed by atoms with van der Waals surface area (Å²) in [4.78, 5) is 18.4. The van der Waals surface area contributed by atoms with E-state index in [-0.39, 0.29) is 5.91 Å². The van der Waals surface area contributed by atoms with Crippen LogP contribution < -0.4 is 15.5 Å². The molecule has 6 heteroatoms. The van der Waals surface area contributed by atoms with Crippen LogP contribution in [-0.2, 0) is 16.1 Å². The summed E-state index contributed by atoms with van der Waals surface area (Å²) in [5.41, 5.74) is 1.08. The lowest BCUT2D eigenvalue weighted by atomic mass is 10.2. The second kappa shape index (κ2) is 7.56. The third-order valence-corrected chi connectivity index (χ3v) is 4.05. The summed E-state index contributed by atoms with van der Waals surface area (Å²) in [7, 11) is 0. The number of hydrogen-bond donors (Lipinski definition) is 2. The first kappa shape index (κ1) is 15.2. The van der Waals surface area contributed by atoms with Crippen molar-refractivity contribution in [1.82, 2.24) is 15.6 Å². The Bertz CT molecular complexity index is 499. The molecule has 0 bridgehead atoms. The standard InChI is InChI=1S/C16H24N4O2/c21-16(12-17-10-13-1-2-13)19-11-14-3-4-18-15(9-14)20-5-7-22-8-6-20/h3-4,9,13,17H,1-2,5-8,10-12H2,(H,19,21). The van der Waals surface area contributed by atoms with Crippen molar-refractivity contribution in [2.24, 2.45) is 5.92 Å². The van der Waals surface area contributed by atoms with E-state index in [0.717, 1.165) is 50.1 Å². The molecule has 0 radical (unpaired) electrons. The number of morpholine rings is 1. The maximum atomic E-state index is 11.8. The molecular weight excluding hydrogens is 280 g/mol. The zero-order valence-corrected chi connectivity index (χ0v) is 12.9. The molecule has 2 fully saturated rings. The molecular formula is C16H24N4O2. The van der Waals surface area contributed by atoms with Crippen LogP contribution in [0, 0.1) is 5.92 Å². The predicted octanol–water partition coefficient (Wildman–Crippen LogP) is 0.534. The molecule has 1 aromatic heterocycles. The minimum atomic E-state index is 0.0467. The van der Waals surface area contributed by atoms with Gasteiger partial charge in [-0.25, -0.2) is 4.98 Å². The topological polar surface area (TPSA) is 66.5 Å². The second-order valence-corrected chi connectivity index (χ2v) is 5.97. The van der Waals surface area contributed by atoms with Gasteiger partial charge in [0.1, 0.15) is 5.82 Å². The monoisotopic (exact) mass is 304 g/mol. The Balaban J connectivity index is 1.44. The molecule has 22 heavy (non-hydrogen) atoms. The molecule has 2 heterocycles. The lowest BCUT2D eigenvalue weighted by molar-refractivity contribution is -0.120. The molecule has 1 saturated heterocycles. The van der Waals surface area contributed by atoms with Crippen LogP contribution in [0.2, 0.25) is 0 Å². The highest BCUT2D eigenvalue weighted by atomic mass is 16.5. The first-order chi connectivity index (χ1) is 10.8. The maximum Gasteiger partial charge on any atom is 0.234 e. The van der Waals surface area contributed by atoms with Crippen molar-refractivity contribution < 1.29 is 9.53 Å². The molecule has 0 atom stereocenters. The molecule has 1 aliphatic heterocycles. The number of anilines is 1. The van der Waals surface area contributed by atoms with Crippen molar-refractivity contribution in [3.63, 3.8) is 0 Å². The largest absolute Gasteiger partial charge is 0.378 e. The number of pyridine rings is 1. The van der Waals surface area contributed by atoms with Crippen LogP contribution in [0.25, 0.3) is 0 Å². The van der Waals surface area contributed by atoms with Crippen molar-refractivity contribution in [3.8, 4) is 0 Å². The van der Waals surface area contributed by atoms with Gasteiger partial charge in [0.25, 0.3) is 0 Å². The number of rotatable bonds is 7. The molecule has 0 aromatic carbocycles. The Morgan fingerprint density at radius 3 is 2.95 bits per heavy atom. The zero-order valence-electron chi connectivity index (χ0n) is 12.9. The van der Waals surface area contributed by atoms with E-state index in [4.69, 9.17) is 4.74 Å². The van der Waals surface area contributed by atoms with Gasteiger partial charge in [0.15, 0.2) is 0 Å². The van der Waals surface area contributed by atoms with Gasteiger partial charge in [-0.3, -0.25) is 4.79 Å². The normalized spacial score (nSPS) is 18.3. The van der Waals surface area contributed by atoms with Gasteiger partial charge in [-0.1, -0.05) is 0 Å². The molecule has 0 spiro atoms. The summed E-state index contributed by atoms with van der Waals surface area (Å²) < 4.78 is 5.36. The van der Waals surface area contributed by atoms with E-state index >= 15 is 0 Å². The highest BCUT2D eigenvalue weighted by molar-refractivity contribution is 5.78. The van der Waals surface area contributed by atoms with Crippen LogP contribution in [0.15, 0.2) is 18.3 Å². The van der Waals surface area contributed by atoms with E-state index in [2.05, 4.69) is 20.5 Å². The molecule has 1 aromatic rings. The highest BCUT2D eigenvalue weighted by Gasteiger charge is 2.20. The summed E-state index contributed by atoms with van der Waals surface area (Å²) in [6, 6.07) is 3.99. The highest BCUT2D eigenvalue weighted by Crippen LogP contribution is 2.27. The van der Waals surface area contributed by atoms with Crippen LogP contribution in [0.3, 0.4) is 0 Å². The Hall–Kier alpha value is -1.66. The fourth-order valence-corrected chi connectivity index (χ4v) is 2.51. The lowest BCUT2D eigenvalue weighted by Gasteiger charge is -2.28. The number of ether oxygens (including phenoxy) is 1. The van der Waals surface area contributed by atoms with Gasteiger partial charge >= 0.3 is 0 Å². The van der Waals surface area contributed by atoms with Gasteiger partial charge < -0.3 is 20.3 Å². The first-order valence-electron chi connectivity index (χ1n) is 8.06. The van der Waals surface area contributed by atoms with Crippen LogP contribution in [0.5, 0.6) is 0 Å². The van der Waals surface area contributed by atoms with Gasteiger partial charge in [-0.05, 0) is 43.0 Å². The second-order valence-electron chi connectivity index (χ2n) is 5.97. The summed E-state index contributed by atoms with van der Waals surface area (Å²) in [6.45, 7) is 5.14. The van der Waals surface area contributed by atoms with Crippen LogP contribution in [0.4, 0.5) is 5.82 Å². The Morgan fingerprint density at radius 2 is 2.18 bits per heavy atom. The van der Waals surface area contributed by atoms with Gasteiger partial charge in [0.2, 0.25) is 5.91 Å². The number of carbonyl (C=O) groups excluding carboxylic acids is 1. The molecule has 0 unspecified atom stereocenters. The van der Waals surface area contributed by atoms with E-state index in [0.29, 0.717) is 13.1 Å². The molecule has 6 nitrogen and oxygen atoms in total. The molecule has 2 N–H and O–H groups in total. The number of amides is 1. The average molecular weight is 304 g/mol. The maximum absolute atomic E-state index is 11.8. The summed E-state index contributed by atoms with van der Waals surface area (Å²) in [5, 5.41) is 6.15. The minimum Gasteiger partial charge on any atom is -0.378 e. The minimum absolute atomic E-state index is 0.0467. The first-order valence-corrected chi connectivity index (χ1v) is 8.06. The molecule has 120 valence electrons. The van der Waals surface area contributed by atoms with E-state index in [9.17, 15) is 4.79 Å². The zero-order chi connectivity index (χ0) is 15.2. The third-order valence-electron chi connectivity index (χ3n) is 4.05. The van der Waals surface area contributed by atoms with Gasteiger partial charge in [-0.15, -0.1) is 0 Å². The molecule has 2 aliphatic rings. The quantitative estimate of drug-likeness (QED) is 0.769. The molecule has 1 aliphatic carbocycles. The van der Waals surface area contributed by atoms with E-state index in [1.165, 1.54) is 12.8 Å². The van der Waals surface area contributed by atoms with Crippen molar-refractivity contribution >= 4 is 11.7 Å². The van der Waals surface area contributed by atoms with Crippen LogP contribution in [0.1, 0.15) is 18.4 Å². The Morgan fingerprint density at radius 1 is 1.36 bits per heavy atom. The van der Waals surface area contributed by atoms with Gasteiger partial charge in [0.05, 0.1) is 19.8 Å². The number of nitrogens with one attached hydrogen (secondary N) is 2. The molecule has 3 rings (SSSR count). The number of aromatic nitrogens is 1. The molecule has 1 saturated carbocycles. The summed E-state index contributed by atoms with van der Waals surface area (Å²) in [5.74, 6) is 1.80. The summed E-state index contributed by atoms with van der Waals surface area (Å²) >= 11 is 0. The average Bonchev–Trinajstić information content (AvgIpc) is 3.38. The van der Waals surface area contributed by atoms with Crippen molar-refractivity contribution in [1.29, 1.82) is 0 Å². The van der Waals surface area contributed by atoms with Crippen molar-refractivity contribution in [2.75, 3.05) is 44.3 Å². The van der Waals surface area contributed by atoms with Crippen molar-refractivity contribution in [3.05, 3.63) is 23.9 Å². The fourth-order valence-electron chi connectivity index (χ4n) is 2.51. The van der Waals surface area contributed by atoms with E-state index in [1.54, 1.807) is 6.20 Å². The van der Waals surface area contributed by atoms with Crippen molar-refractivity contribution in [2.45, 2.75) is 19.4 Å². The third kappa shape index (κ3) is 4.68. The fraction of sp³-hybridized carbons (Fsp3) is 0.625. The number of carbonyl (C=O) groups is 1. The summed E-state index contributed by atoms with van der Waals surface area (Å²) in [6.07, 6.45) is 4.41. The van der Waals surface area contributed by atoms with Crippen LogP contribution >= 0.6 is 0 Å². The SMILES string of the molecule is O=C(CNCC1CC1)NCc1ccnc(N2CCOCC2)c1. The van der Waals surface area contributed by atoms with Crippen LogP contribution in [-0.4, -0.2) is 50.3 Å². The number of nitrogens with zero attached hydrogens (tertiary/aromatic N) is 2. The predicted molar refractivity (Wildman–Crippen MR) is 84.7 cm³/mol. The van der Waals surface area contributed by atoms with Gasteiger partial charge in [-0.2, -0.15) is 0 Å². The van der Waals surface area contributed by atoms with E-state index in [1.807, 2.05) is 12.1 Å². The Kier molecular flexibility index (Phi) is 5.24. The Labute approximate surface area is 131 Å². The molecule has 1 amide bonds.